The third-order valence-corrected chi connectivity index (χ3v) is 0. The molecule has 0 heterocycles. The molecule has 0 unspecified atom stereocenters. The van der Waals surface area contributed by atoms with Gasteiger partial charge < -0.3 is 9.90 Å². The first-order valence-corrected chi connectivity index (χ1v) is 1.16. The van der Waals surface area contributed by atoms with E-state index in [1.807, 2.05) is 0 Å². The summed E-state index contributed by atoms with van der Waals surface area (Å²) in [6.07, 6.45) is 0. The Morgan fingerprint density at radius 3 is 1.80 bits per heavy atom. The van der Waals surface area contributed by atoms with Gasteiger partial charge in [0.25, 0.3) is 0 Å². The molecule has 21 valence electrons. The van der Waals surface area contributed by atoms with E-state index < -0.39 is 5.59 Å². The average molecular weight is 95.1 g/mol. The van der Waals surface area contributed by atoms with Crippen LogP contribution in [0.5, 0.6) is 0 Å². The fourth-order valence-electron chi connectivity index (χ4n) is 0. The van der Waals surface area contributed by atoms with Crippen LogP contribution in [0.25, 0.3) is 0 Å². The fraction of sp³-hybridized carbons (Fsp3) is 0. The molecule has 0 atom stereocenters. The Morgan fingerprint density at radius 2 is 1.80 bits per heavy atom. The maximum Gasteiger partial charge on any atom is 1.00 e. The summed E-state index contributed by atoms with van der Waals surface area (Å²) in [5, 5.41) is 8.80. The number of hydrogen-bond acceptors (Lipinski definition) is 2. The van der Waals surface area contributed by atoms with Crippen LogP contribution in [0.1, 0.15) is 0 Å². The SMILES string of the molecule is O=C([O-])[Si].[Na+]. The van der Waals surface area contributed by atoms with Gasteiger partial charge in [0.05, 0.1) is 10.2 Å². The summed E-state index contributed by atoms with van der Waals surface area (Å²) in [6, 6.07) is 0. The van der Waals surface area contributed by atoms with Gasteiger partial charge in [0, 0.05) is 5.59 Å². The van der Waals surface area contributed by atoms with Crippen molar-refractivity contribution in [2.45, 2.75) is 0 Å². The molecule has 0 bridgehead atoms. The van der Waals surface area contributed by atoms with Crippen molar-refractivity contribution in [2.24, 2.45) is 0 Å². The standard InChI is InChI=1S/CHO2Si.Na/c2-1(3)4;/h(H,2,3);/q;+1/p-1. The van der Waals surface area contributed by atoms with E-state index in [2.05, 4.69) is 10.2 Å². The molecule has 0 aromatic carbocycles. The molecule has 4 heteroatoms. The summed E-state index contributed by atoms with van der Waals surface area (Å²) in [4.78, 5) is 8.80. The van der Waals surface area contributed by atoms with E-state index in [0.717, 1.165) is 0 Å². The average Bonchev–Trinajstić information content (AvgIpc) is 0.811. The van der Waals surface area contributed by atoms with Crippen molar-refractivity contribution in [2.75, 3.05) is 0 Å². The number of carbonyl (C=O) groups is 1. The maximum absolute atomic E-state index is 8.80. The fourth-order valence-corrected chi connectivity index (χ4v) is 0. The van der Waals surface area contributed by atoms with Gasteiger partial charge in [-0.3, -0.25) is 0 Å². The summed E-state index contributed by atoms with van der Waals surface area (Å²) >= 11 is 0. The van der Waals surface area contributed by atoms with E-state index in [0.29, 0.717) is 0 Å². The van der Waals surface area contributed by atoms with E-state index in [9.17, 15) is 0 Å². The van der Waals surface area contributed by atoms with Gasteiger partial charge in [-0.05, 0) is 0 Å². The minimum absolute atomic E-state index is 0. The second-order valence-corrected chi connectivity index (χ2v) is 0.696. The minimum atomic E-state index is -1.28. The first-order valence-electron chi connectivity index (χ1n) is 0.658. The van der Waals surface area contributed by atoms with Gasteiger partial charge in [0.15, 0.2) is 0 Å². The summed E-state index contributed by atoms with van der Waals surface area (Å²) in [5.41, 5.74) is -1.28. The molecule has 0 saturated heterocycles. The predicted octanol–water partition coefficient (Wildman–Crippen LogP) is -4.50. The zero-order valence-corrected chi connectivity index (χ0v) is 5.82. The number of carbonyl (C=O) groups excluding carboxylic acids is 1. The van der Waals surface area contributed by atoms with Crippen LogP contribution in [-0.2, 0) is 0 Å². The molecule has 0 aliphatic heterocycles. The number of hydrogen-bond donors (Lipinski definition) is 0. The summed E-state index contributed by atoms with van der Waals surface area (Å²) in [5.74, 6) is 0. The third-order valence-electron chi connectivity index (χ3n) is 0. The monoisotopic (exact) mass is 95.0 g/mol. The van der Waals surface area contributed by atoms with Gasteiger partial charge in [0.2, 0.25) is 0 Å². The van der Waals surface area contributed by atoms with Crippen LogP contribution in [-0.4, -0.2) is 15.8 Å². The van der Waals surface area contributed by atoms with Gasteiger partial charge in [-0.1, -0.05) is 0 Å². The van der Waals surface area contributed by atoms with E-state index in [4.69, 9.17) is 9.90 Å². The molecule has 0 aliphatic rings. The minimum Gasteiger partial charge on any atom is -0.556 e. The van der Waals surface area contributed by atoms with E-state index in [1.54, 1.807) is 0 Å². The number of rotatable bonds is 0. The Morgan fingerprint density at radius 1 is 1.80 bits per heavy atom. The summed E-state index contributed by atoms with van der Waals surface area (Å²) in [7, 11) is 2.12. The molecule has 2 nitrogen and oxygen atoms in total. The maximum atomic E-state index is 8.80. The molecular weight excluding hydrogens is 95.1 g/mol. The Labute approximate surface area is 55.3 Å². The molecule has 0 N–H and O–H groups in total. The largest absolute Gasteiger partial charge is 1.00 e. The van der Waals surface area contributed by atoms with Crippen molar-refractivity contribution in [1.29, 1.82) is 0 Å². The van der Waals surface area contributed by atoms with Crippen molar-refractivity contribution < 1.29 is 39.5 Å². The molecule has 3 radical (unpaired) electrons. The molecule has 5 heavy (non-hydrogen) atoms. The Kier molecular flexibility index (Phi) is 8.61. The van der Waals surface area contributed by atoms with Crippen LogP contribution >= 0.6 is 0 Å². The van der Waals surface area contributed by atoms with Crippen molar-refractivity contribution in [3.63, 3.8) is 0 Å². The molecule has 0 aliphatic carbocycles. The zero-order valence-electron chi connectivity index (χ0n) is 2.82. The van der Waals surface area contributed by atoms with Gasteiger partial charge >= 0.3 is 29.6 Å². The van der Waals surface area contributed by atoms with E-state index >= 15 is 0 Å². The Balaban J connectivity index is 0. The summed E-state index contributed by atoms with van der Waals surface area (Å²) < 4.78 is 0. The third kappa shape index (κ3) is 71.7. The van der Waals surface area contributed by atoms with E-state index in [1.165, 1.54) is 0 Å². The topological polar surface area (TPSA) is 40.1 Å². The normalized spacial score (nSPS) is 5.00. The van der Waals surface area contributed by atoms with Crippen molar-refractivity contribution in [1.82, 2.24) is 0 Å². The van der Waals surface area contributed by atoms with Crippen LogP contribution in [0.15, 0.2) is 0 Å². The molecular formula is CNaO2Si. The summed E-state index contributed by atoms with van der Waals surface area (Å²) in [6.45, 7) is 0. The molecule has 0 aromatic rings. The predicted molar refractivity (Wildman–Crippen MR) is 11.1 cm³/mol. The zero-order chi connectivity index (χ0) is 3.58. The second-order valence-electron chi connectivity index (χ2n) is 0.287. The van der Waals surface area contributed by atoms with Gasteiger partial charge in [-0.25, -0.2) is 0 Å². The molecule has 0 spiro atoms. The quantitative estimate of drug-likeness (QED) is 0.284. The van der Waals surface area contributed by atoms with Gasteiger partial charge in [-0.2, -0.15) is 0 Å². The molecule has 0 rings (SSSR count). The smallest absolute Gasteiger partial charge is 0.556 e. The van der Waals surface area contributed by atoms with Crippen LogP contribution in [0.2, 0.25) is 0 Å². The van der Waals surface area contributed by atoms with E-state index in [-0.39, 0.29) is 29.6 Å². The molecule has 0 saturated carbocycles. The van der Waals surface area contributed by atoms with Crippen molar-refractivity contribution >= 4 is 15.8 Å². The van der Waals surface area contributed by atoms with Crippen molar-refractivity contribution in [3.05, 3.63) is 0 Å². The Bertz CT molecular complexity index is 32.6. The van der Waals surface area contributed by atoms with Crippen LogP contribution in [0.4, 0.5) is 4.79 Å². The Hall–Kier alpha value is 0.687. The van der Waals surface area contributed by atoms with Crippen LogP contribution < -0.4 is 34.7 Å². The molecule has 0 amide bonds. The van der Waals surface area contributed by atoms with Crippen LogP contribution in [0, 0.1) is 0 Å². The molecule has 0 aromatic heterocycles. The van der Waals surface area contributed by atoms with Crippen molar-refractivity contribution in [3.8, 4) is 0 Å². The molecule has 0 fully saturated rings. The van der Waals surface area contributed by atoms with Gasteiger partial charge in [0.1, 0.15) is 0 Å². The van der Waals surface area contributed by atoms with Gasteiger partial charge in [-0.15, -0.1) is 0 Å². The number of carboxylic acid groups (broad SMARTS) is 1. The second kappa shape index (κ2) is 4.69. The first kappa shape index (κ1) is 9.19. The first-order chi connectivity index (χ1) is 1.73. The van der Waals surface area contributed by atoms with Crippen LogP contribution in [0.3, 0.4) is 0 Å².